The second-order valence-corrected chi connectivity index (χ2v) is 6.58. The Hall–Kier alpha value is -2.82. The fourth-order valence-corrected chi connectivity index (χ4v) is 2.92. The summed E-state index contributed by atoms with van der Waals surface area (Å²) in [4.78, 5) is 12.3. The summed E-state index contributed by atoms with van der Waals surface area (Å²) in [7, 11) is 0. The summed E-state index contributed by atoms with van der Waals surface area (Å²) in [5.41, 5.74) is 2.69. The number of aryl methyl sites for hydroxylation is 1. The van der Waals surface area contributed by atoms with Crippen LogP contribution in [0.15, 0.2) is 72.8 Å². The minimum absolute atomic E-state index is 0.131. The number of amides is 1. The zero-order valence-corrected chi connectivity index (χ0v) is 15.6. The van der Waals surface area contributed by atoms with Crippen molar-refractivity contribution in [2.45, 2.75) is 13.0 Å². The molecule has 0 bridgehead atoms. The zero-order chi connectivity index (χ0) is 19.2. The van der Waals surface area contributed by atoms with E-state index in [0.29, 0.717) is 27.6 Å². The van der Waals surface area contributed by atoms with Gasteiger partial charge in [0.2, 0.25) is 0 Å². The van der Waals surface area contributed by atoms with Gasteiger partial charge in [-0.3, -0.25) is 4.79 Å². The lowest BCUT2D eigenvalue weighted by molar-refractivity contribution is -0.118. The highest BCUT2D eigenvalue weighted by atomic mass is 35.5. The van der Waals surface area contributed by atoms with Crippen LogP contribution in [-0.2, 0) is 4.79 Å². The summed E-state index contributed by atoms with van der Waals surface area (Å²) in [6.07, 6.45) is -0.905. The Balaban J connectivity index is 1.75. The van der Waals surface area contributed by atoms with Gasteiger partial charge in [-0.15, -0.1) is 0 Å². The number of carbonyl (C=O) groups is 1. The predicted octanol–water partition coefficient (Wildman–Crippen LogP) is 4.75. The largest absolute Gasteiger partial charge is 0.483 e. The fraction of sp³-hybridized carbons (Fsp3) is 0.136. The third kappa shape index (κ3) is 4.88. The van der Waals surface area contributed by atoms with E-state index in [-0.39, 0.29) is 12.5 Å². The van der Waals surface area contributed by atoms with Crippen LogP contribution in [0, 0.1) is 6.92 Å². The minimum Gasteiger partial charge on any atom is -0.483 e. The number of anilines is 1. The van der Waals surface area contributed by atoms with E-state index in [1.165, 1.54) is 0 Å². The Labute approximate surface area is 163 Å². The van der Waals surface area contributed by atoms with Gasteiger partial charge in [-0.25, -0.2) is 0 Å². The molecule has 138 valence electrons. The van der Waals surface area contributed by atoms with E-state index in [4.69, 9.17) is 16.3 Å². The van der Waals surface area contributed by atoms with E-state index in [1.807, 2.05) is 61.5 Å². The van der Waals surface area contributed by atoms with Crippen molar-refractivity contribution in [3.63, 3.8) is 0 Å². The van der Waals surface area contributed by atoms with Crippen LogP contribution >= 0.6 is 11.6 Å². The first-order valence-corrected chi connectivity index (χ1v) is 8.93. The molecule has 0 saturated heterocycles. The molecular formula is C22H20ClNO3. The normalized spacial score (nSPS) is 11.7. The first kappa shape index (κ1) is 19.0. The summed E-state index contributed by atoms with van der Waals surface area (Å²) in [6, 6.07) is 21.7. The van der Waals surface area contributed by atoms with Crippen molar-refractivity contribution in [2.24, 2.45) is 0 Å². The van der Waals surface area contributed by atoms with E-state index in [2.05, 4.69) is 5.32 Å². The monoisotopic (exact) mass is 381 g/mol. The number of carbonyl (C=O) groups excluding carboxylic acids is 1. The van der Waals surface area contributed by atoms with Crippen LogP contribution < -0.4 is 10.1 Å². The van der Waals surface area contributed by atoms with E-state index >= 15 is 0 Å². The average molecular weight is 382 g/mol. The van der Waals surface area contributed by atoms with Crippen molar-refractivity contribution in [2.75, 3.05) is 11.9 Å². The van der Waals surface area contributed by atoms with E-state index in [9.17, 15) is 9.90 Å². The highest BCUT2D eigenvalue weighted by molar-refractivity contribution is 6.30. The summed E-state index contributed by atoms with van der Waals surface area (Å²) < 4.78 is 5.58. The lowest BCUT2D eigenvalue weighted by Gasteiger charge is -2.17. The Morgan fingerprint density at radius 1 is 1.07 bits per heavy atom. The predicted molar refractivity (Wildman–Crippen MR) is 107 cm³/mol. The second kappa shape index (κ2) is 8.71. The third-order valence-corrected chi connectivity index (χ3v) is 4.39. The molecule has 27 heavy (non-hydrogen) atoms. The highest BCUT2D eigenvalue weighted by Gasteiger charge is 2.17. The molecule has 3 aromatic rings. The van der Waals surface area contributed by atoms with Gasteiger partial charge in [-0.1, -0.05) is 60.1 Å². The fourth-order valence-electron chi connectivity index (χ4n) is 2.74. The number of nitrogens with one attached hydrogen (secondary N) is 1. The second-order valence-electron chi connectivity index (χ2n) is 6.15. The molecule has 0 radical (unpaired) electrons. The van der Waals surface area contributed by atoms with Crippen LogP contribution in [0.5, 0.6) is 5.75 Å². The lowest BCUT2D eigenvalue weighted by atomic mass is 10.00. The molecule has 0 unspecified atom stereocenters. The molecule has 0 aliphatic carbocycles. The number of halogens is 1. The summed E-state index contributed by atoms with van der Waals surface area (Å²) in [5, 5.41) is 14.0. The maximum absolute atomic E-state index is 12.3. The first-order chi connectivity index (χ1) is 13.0. The summed E-state index contributed by atoms with van der Waals surface area (Å²) >= 11 is 6.10. The molecule has 0 saturated carbocycles. The van der Waals surface area contributed by atoms with Gasteiger partial charge in [0.1, 0.15) is 11.9 Å². The van der Waals surface area contributed by atoms with Gasteiger partial charge in [0.05, 0.1) is 0 Å². The van der Waals surface area contributed by atoms with E-state index < -0.39 is 6.10 Å². The van der Waals surface area contributed by atoms with Crippen LogP contribution in [-0.4, -0.2) is 17.6 Å². The van der Waals surface area contributed by atoms with Gasteiger partial charge < -0.3 is 15.2 Å². The molecule has 4 nitrogen and oxygen atoms in total. The number of ether oxygens (including phenoxy) is 1. The average Bonchev–Trinajstić information content (AvgIpc) is 2.69. The molecule has 0 aliphatic rings. The topological polar surface area (TPSA) is 58.6 Å². The molecule has 0 spiro atoms. The molecular weight excluding hydrogens is 362 g/mol. The summed E-state index contributed by atoms with van der Waals surface area (Å²) in [6.45, 7) is 1.79. The molecule has 3 aromatic carbocycles. The zero-order valence-electron chi connectivity index (χ0n) is 14.9. The van der Waals surface area contributed by atoms with Crippen molar-refractivity contribution in [3.05, 3.63) is 94.5 Å². The van der Waals surface area contributed by atoms with Crippen molar-refractivity contribution in [3.8, 4) is 5.75 Å². The number of benzene rings is 3. The van der Waals surface area contributed by atoms with Crippen molar-refractivity contribution >= 4 is 23.2 Å². The molecule has 5 heteroatoms. The van der Waals surface area contributed by atoms with E-state index in [0.717, 1.165) is 5.56 Å². The van der Waals surface area contributed by atoms with Crippen LogP contribution in [0.4, 0.5) is 5.69 Å². The Kier molecular flexibility index (Phi) is 6.12. The quantitative estimate of drug-likeness (QED) is 0.648. The van der Waals surface area contributed by atoms with Crippen molar-refractivity contribution in [1.29, 1.82) is 0 Å². The third-order valence-electron chi connectivity index (χ3n) is 4.15. The van der Waals surface area contributed by atoms with E-state index in [1.54, 1.807) is 18.2 Å². The van der Waals surface area contributed by atoms with Crippen molar-refractivity contribution < 1.29 is 14.6 Å². The minimum atomic E-state index is -0.905. The number of hydrogen-bond acceptors (Lipinski definition) is 3. The maximum Gasteiger partial charge on any atom is 0.262 e. The van der Waals surface area contributed by atoms with Crippen LogP contribution in [0.3, 0.4) is 0 Å². The first-order valence-electron chi connectivity index (χ1n) is 8.55. The Morgan fingerprint density at radius 2 is 1.78 bits per heavy atom. The van der Waals surface area contributed by atoms with Crippen LogP contribution in [0.25, 0.3) is 0 Å². The van der Waals surface area contributed by atoms with Crippen LogP contribution in [0.1, 0.15) is 22.8 Å². The van der Waals surface area contributed by atoms with Gasteiger partial charge >= 0.3 is 0 Å². The molecule has 2 N–H and O–H groups in total. The number of para-hydroxylation sites is 1. The number of rotatable bonds is 6. The van der Waals surface area contributed by atoms with Gasteiger partial charge in [-0.2, -0.15) is 0 Å². The SMILES string of the molecule is Cc1ccccc1OCC(=O)Nc1ccc(Cl)cc1[C@H](O)c1ccccc1. The number of aliphatic hydroxyl groups is 1. The van der Waals surface area contributed by atoms with Crippen molar-refractivity contribution in [1.82, 2.24) is 0 Å². The van der Waals surface area contributed by atoms with Gasteiger partial charge in [-0.05, 0) is 42.3 Å². The Bertz CT molecular complexity index is 928. The summed E-state index contributed by atoms with van der Waals surface area (Å²) in [5.74, 6) is 0.343. The molecule has 0 heterocycles. The van der Waals surface area contributed by atoms with Crippen LogP contribution in [0.2, 0.25) is 5.02 Å². The molecule has 0 aromatic heterocycles. The smallest absolute Gasteiger partial charge is 0.262 e. The molecule has 1 amide bonds. The molecule has 0 fully saturated rings. The molecule has 1 atom stereocenters. The number of aliphatic hydroxyl groups excluding tert-OH is 1. The van der Waals surface area contributed by atoms with Gasteiger partial charge in [0, 0.05) is 16.3 Å². The van der Waals surface area contributed by atoms with Gasteiger partial charge in [0.15, 0.2) is 6.61 Å². The molecule has 3 rings (SSSR count). The van der Waals surface area contributed by atoms with Gasteiger partial charge in [0.25, 0.3) is 5.91 Å². The standard InChI is InChI=1S/C22H20ClNO3/c1-15-7-5-6-10-20(15)27-14-21(25)24-19-12-11-17(23)13-18(19)22(26)16-8-3-2-4-9-16/h2-13,22,26H,14H2,1H3,(H,24,25)/t22-/m1/s1. The highest BCUT2D eigenvalue weighted by Crippen LogP contribution is 2.31. The molecule has 0 aliphatic heterocycles. The maximum atomic E-state index is 12.3. The lowest BCUT2D eigenvalue weighted by Crippen LogP contribution is -2.21. The Morgan fingerprint density at radius 3 is 2.52 bits per heavy atom. The number of hydrogen-bond donors (Lipinski definition) is 2.